The van der Waals surface area contributed by atoms with Crippen molar-refractivity contribution < 1.29 is 14.3 Å². The van der Waals surface area contributed by atoms with Gasteiger partial charge < -0.3 is 10.1 Å². The predicted molar refractivity (Wildman–Crippen MR) is 110 cm³/mol. The molecule has 0 spiro atoms. The smallest absolute Gasteiger partial charge is 0.341 e. The summed E-state index contributed by atoms with van der Waals surface area (Å²) in [5, 5.41) is 4.31. The Morgan fingerprint density at radius 1 is 1.04 bits per heavy atom. The summed E-state index contributed by atoms with van der Waals surface area (Å²) in [5.41, 5.74) is 1.57. The molecule has 140 valence electrons. The van der Waals surface area contributed by atoms with Crippen molar-refractivity contribution in [2.24, 2.45) is 0 Å². The van der Waals surface area contributed by atoms with Crippen LogP contribution in [0.5, 0.6) is 0 Å². The molecule has 0 aliphatic rings. The number of benzene rings is 2. The lowest BCUT2D eigenvalue weighted by atomic mass is 10.1. The van der Waals surface area contributed by atoms with Crippen LogP contribution in [0.25, 0.3) is 10.1 Å². The van der Waals surface area contributed by atoms with Gasteiger partial charge in [-0.05, 0) is 24.5 Å². The molecular formula is C22H23NO3S. The molecule has 27 heavy (non-hydrogen) atoms. The minimum Gasteiger partial charge on any atom is -0.462 e. The molecule has 3 aromatic rings. The minimum absolute atomic E-state index is 0.104. The first-order valence-electron chi connectivity index (χ1n) is 9.21. The second-order valence-corrected chi connectivity index (χ2v) is 7.38. The fourth-order valence-electron chi connectivity index (χ4n) is 2.81. The van der Waals surface area contributed by atoms with Crippen LogP contribution in [-0.2, 0) is 16.0 Å². The molecule has 1 aromatic heterocycles. The van der Waals surface area contributed by atoms with Crippen LogP contribution < -0.4 is 5.32 Å². The van der Waals surface area contributed by atoms with E-state index in [1.54, 1.807) is 0 Å². The fourth-order valence-corrected chi connectivity index (χ4v) is 3.92. The molecule has 4 nitrogen and oxygen atoms in total. The van der Waals surface area contributed by atoms with Crippen molar-refractivity contribution in [2.75, 3.05) is 11.9 Å². The Morgan fingerprint density at radius 3 is 2.56 bits per heavy atom. The second-order valence-electron chi connectivity index (χ2n) is 6.33. The van der Waals surface area contributed by atoms with Gasteiger partial charge in [-0.3, -0.25) is 4.79 Å². The SMILES string of the molecule is CCCCOC(=O)c1c(NC(=O)CCc2ccccc2)sc2ccccc12. The molecule has 2 aromatic carbocycles. The molecule has 0 saturated heterocycles. The van der Waals surface area contributed by atoms with Gasteiger partial charge in [-0.2, -0.15) is 0 Å². The van der Waals surface area contributed by atoms with E-state index in [0.717, 1.165) is 28.5 Å². The zero-order valence-corrected chi connectivity index (χ0v) is 16.2. The Morgan fingerprint density at radius 2 is 1.78 bits per heavy atom. The van der Waals surface area contributed by atoms with Crippen LogP contribution in [-0.4, -0.2) is 18.5 Å². The van der Waals surface area contributed by atoms with Crippen molar-refractivity contribution >= 4 is 38.3 Å². The Kier molecular flexibility index (Phi) is 6.60. The number of carbonyl (C=O) groups excluding carboxylic acids is 2. The summed E-state index contributed by atoms with van der Waals surface area (Å²) in [4.78, 5) is 25.1. The summed E-state index contributed by atoms with van der Waals surface area (Å²) in [6.45, 7) is 2.44. The van der Waals surface area contributed by atoms with Gasteiger partial charge in [0.05, 0.1) is 6.61 Å². The molecule has 0 fully saturated rings. The van der Waals surface area contributed by atoms with Crippen molar-refractivity contribution in [1.82, 2.24) is 0 Å². The first kappa shape index (κ1) is 19.1. The van der Waals surface area contributed by atoms with E-state index in [1.165, 1.54) is 11.3 Å². The summed E-state index contributed by atoms with van der Waals surface area (Å²) in [6, 6.07) is 17.5. The van der Waals surface area contributed by atoms with Gasteiger partial charge in [0, 0.05) is 16.5 Å². The molecule has 0 aliphatic carbocycles. The maximum atomic E-state index is 12.6. The summed E-state index contributed by atoms with van der Waals surface area (Å²) in [6.07, 6.45) is 2.81. The largest absolute Gasteiger partial charge is 0.462 e. The van der Waals surface area contributed by atoms with Crippen LogP contribution in [0.1, 0.15) is 42.1 Å². The van der Waals surface area contributed by atoms with E-state index >= 15 is 0 Å². The maximum absolute atomic E-state index is 12.6. The number of ether oxygens (including phenoxy) is 1. The van der Waals surface area contributed by atoms with Crippen molar-refractivity contribution in [3.8, 4) is 0 Å². The predicted octanol–water partition coefficient (Wildman–Crippen LogP) is 5.43. The van der Waals surface area contributed by atoms with E-state index < -0.39 is 0 Å². The average molecular weight is 381 g/mol. The van der Waals surface area contributed by atoms with Gasteiger partial charge in [-0.15, -0.1) is 11.3 Å². The van der Waals surface area contributed by atoms with Gasteiger partial charge in [-0.1, -0.05) is 61.9 Å². The molecule has 1 N–H and O–H groups in total. The van der Waals surface area contributed by atoms with Gasteiger partial charge in [0.15, 0.2) is 0 Å². The summed E-state index contributed by atoms with van der Waals surface area (Å²) >= 11 is 1.41. The number of carbonyl (C=O) groups is 2. The first-order valence-corrected chi connectivity index (χ1v) is 10.0. The van der Waals surface area contributed by atoms with E-state index in [-0.39, 0.29) is 11.9 Å². The summed E-state index contributed by atoms with van der Waals surface area (Å²) in [5.74, 6) is -0.479. The quantitative estimate of drug-likeness (QED) is 0.418. The number of amides is 1. The number of fused-ring (bicyclic) bond motifs is 1. The number of unbranched alkanes of at least 4 members (excludes halogenated alkanes) is 1. The van der Waals surface area contributed by atoms with Crippen molar-refractivity contribution in [2.45, 2.75) is 32.6 Å². The van der Waals surface area contributed by atoms with Crippen LogP contribution in [0.4, 0.5) is 5.00 Å². The van der Waals surface area contributed by atoms with E-state index in [4.69, 9.17) is 4.74 Å². The van der Waals surface area contributed by atoms with Crippen LogP contribution in [0, 0.1) is 0 Å². The molecule has 0 bridgehead atoms. The Hall–Kier alpha value is -2.66. The fraction of sp³-hybridized carbons (Fsp3) is 0.273. The standard InChI is InChI=1S/C22H23NO3S/c1-2-3-15-26-22(25)20-17-11-7-8-12-18(17)27-21(20)23-19(24)14-13-16-9-5-4-6-10-16/h4-12H,2-3,13-15H2,1H3,(H,23,24). The van der Waals surface area contributed by atoms with Crippen LogP contribution in [0.3, 0.4) is 0 Å². The van der Waals surface area contributed by atoms with E-state index in [1.807, 2.05) is 61.5 Å². The third kappa shape index (κ3) is 4.95. The highest BCUT2D eigenvalue weighted by Crippen LogP contribution is 2.36. The van der Waals surface area contributed by atoms with Gasteiger partial charge in [0.25, 0.3) is 0 Å². The van der Waals surface area contributed by atoms with Crippen molar-refractivity contribution in [3.63, 3.8) is 0 Å². The number of anilines is 1. The molecule has 3 rings (SSSR count). The van der Waals surface area contributed by atoms with Crippen LogP contribution in [0.2, 0.25) is 0 Å². The molecule has 0 aliphatic heterocycles. The van der Waals surface area contributed by atoms with Gasteiger partial charge in [-0.25, -0.2) is 4.79 Å². The van der Waals surface area contributed by atoms with Gasteiger partial charge in [0.2, 0.25) is 5.91 Å². The number of hydrogen-bond donors (Lipinski definition) is 1. The number of esters is 1. The Labute approximate surface area is 163 Å². The number of nitrogens with one attached hydrogen (secondary N) is 1. The second kappa shape index (κ2) is 9.33. The molecule has 5 heteroatoms. The summed E-state index contributed by atoms with van der Waals surface area (Å²) < 4.78 is 6.36. The number of thiophene rings is 1. The number of rotatable bonds is 8. The highest BCUT2D eigenvalue weighted by Gasteiger charge is 2.21. The van der Waals surface area contributed by atoms with E-state index in [2.05, 4.69) is 5.32 Å². The molecular weight excluding hydrogens is 358 g/mol. The number of aryl methyl sites for hydroxylation is 1. The van der Waals surface area contributed by atoms with Gasteiger partial charge >= 0.3 is 5.97 Å². The van der Waals surface area contributed by atoms with E-state index in [0.29, 0.717) is 30.0 Å². The summed E-state index contributed by atoms with van der Waals surface area (Å²) in [7, 11) is 0. The zero-order valence-electron chi connectivity index (χ0n) is 15.4. The highest BCUT2D eigenvalue weighted by molar-refractivity contribution is 7.23. The molecule has 1 heterocycles. The first-order chi connectivity index (χ1) is 13.2. The highest BCUT2D eigenvalue weighted by atomic mass is 32.1. The van der Waals surface area contributed by atoms with Crippen molar-refractivity contribution in [1.29, 1.82) is 0 Å². The monoisotopic (exact) mass is 381 g/mol. The maximum Gasteiger partial charge on any atom is 0.341 e. The van der Waals surface area contributed by atoms with Gasteiger partial charge in [0.1, 0.15) is 10.6 Å². The molecule has 0 radical (unpaired) electrons. The van der Waals surface area contributed by atoms with Crippen LogP contribution >= 0.6 is 11.3 Å². The lowest BCUT2D eigenvalue weighted by Gasteiger charge is -2.08. The lowest BCUT2D eigenvalue weighted by molar-refractivity contribution is -0.116. The van der Waals surface area contributed by atoms with Crippen molar-refractivity contribution in [3.05, 3.63) is 65.7 Å². The Bertz CT molecular complexity index is 918. The third-order valence-corrected chi connectivity index (χ3v) is 5.35. The molecule has 0 saturated carbocycles. The topological polar surface area (TPSA) is 55.4 Å². The third-order valence-electron chi connectivity index (χ3n) is 4.27. The Balaban J connectivity index is 1.75. The minimum atomic E-state index is -0.376. The molecule has 1 amide bonds. The van der Waals surface area contributed by atoms with E-state index in [9.17, 15) is 9.59 Å². The lowest BCUT2D eigenvalue weighted by Crippen LogP contribution is -2.15. The average Bonchev–Trinajstić information content (AvgIpc) is 3.05. The normalized spacial score (nSPS) is 10.7. The molecule has 0 atom stereocenters. The zero-order chi connectivity index (χ0) is 19.1. The number of hydrogen-bond acceptors (Lipinski definition) is 4. The molecule has 0 unspecified atom stereocenters. The van der Waals surface area contributed by atoms with Crippen LogP contribution in [0.15, 0.2) is 54.6 Å².